The van der Waals surface area contributed by atoms with Crippen LogP contribution in [0.4, 0.5) is 0 Å². The van der Waals surface area contributed by atoms with Gasteiger partial charge in [-0.05, 0) is 24.7 Å². The molecule has 0 radical (unpaired) electrons. The van der Waals surface area contributed by atoms with Crippen LogP contribution in [0.3, 0.4) is 0 Å². The molecule has 1 saturated heterocycles. The molecule has 0 bridgehead atoms. The summed E-state index contributed by atoms with van der Waals surface area (Å²) < 4.78 is 0. The maximum absolute atomic E-state index is 3.55. The lowest BCUT2D eigenvalue weighted by Gasteiger charge is -2.36. The predicted molar refractivity (Wildman–Crippen MR) is 40.7 cm³/mol. The van der Waals surface area contributed by atoms with Gasteiger partial charge in [0, 0.05) is 18.0 Å². The highest BCUT2D eigenvalue weighted by Gasteiger charge is 2.70. The Hall–Kier alpha value is -0.0400. The van der Waals surface area contributed by atoms with E-state index in [9.17, 15) is 0 Å². The summed E-state index contributed by atoms with van der Waals surface area (Å²) in [7, 11) is 0. The van der Waals surface area contributed by atoms with Crippen LogP contribution in [0, 0.1) is 17.3 Å². The smallest absolute Gasteiger partial charge is 0.0141 e. The summed E-state index contributed by atoms with van der Waals surface area (Å²) in [6.07, 6.45) is 4.47. The maximum Gasteiger partial charge on any atom is 0.0141 e. The van der Waals surface area contributed by atoms with Crippen LogP contribution in [-0.2, 0) is 0 Å². The van der Waals surface area contributed by atoms with E-state index in [1.54, 1.807) is 6.42 Å². The Balaban J connectivity index is 1.86. The minimum Gasteiger partial charge on any atom is -0.313 e. The van der Waals surface area contributed by atoms with Gasteiger partial charge in [0.25, 0.3) is 0 Å². The molecule has 0 aromatic carbocycles. The van der Waals surface area contributed by atoms with Crippen molar-refractivity contribution in [2.75, 3.05) is 6.54 Å². The van der Waals surface area contributed by atoms with Crippen LogP contribution in [0.25, 0.3) is 0 Å². The average molecular weight is 137 g/mol. The Bertz CT molecular complexity index is 178. The molecule has 0 amide bonds. The molecule has 1 nitrogen and oxygen atoms in total. The van der Waals surface area contributed by atoms with Crippen LogP contribution in [0.5, 0.6) is 0 Å². The second kappa shape index (κ2) is 1.42. The summed E-state index contributed by atoms with van der Waals surface area (Å²) in [6.45, 7) is 3.69. The van der Waals surface area contributed by atoms with Crippen molar-refractivity contribution in [2.24, 2.45) is 17.3 Å². The maximum atomic E-state index is 3.55. The van der Waals surface area contributed by atoms with E-state index in [0.29, 0.717) is 0 Å². The molecular weight excluding hydrogens is 122 g/mol. The Morgan fingerprint density at radius 2 is 2.50 bits per heavy atom. The summed E-state index contributed by atoms with van der Waals surface area (Å²) in [5.74, 6) is 2.23. The van der Waals surface area contributed by atoms with Gasteiger partial charge in [0.2, 0.25) is 0 Å². The van der Waals surface area contributed by atoms with Gasteiger partial charge in [-0.25, -0.2) is 0 Å². The minimum absolute atomic E-state index is 0.862. The first-order chi connectivity index (χ1) is 4.87. The van der Waals surface area contributed by atoms with Gasteiger partial charge in [0.1, 0.15) is 0 Å². The van der Waals surface area contributed by atoms with Crippen molar-refractivity contribution in [1.29, 1.82) is 0 Å². The molecule has 1 spiro atoms. The van der Waals surface area contributed by atoms with E-state index in [-0.39, 0.29) is 0 Å². The second-order valence-electron chi connectivity index (χ2n) is 4.38. The highest BCUT2D eigenvalue weighted by atomic mass is 15.1. The third-order valence-electron chi connectivity index (χ3n) is 4.18. The molecule has 1 aliphatic heterocycles. The van der Waals surface area contributed by atoms with E-state index in [2.05, 4.69) is 12.2 Å². The fraction of sp³-hybridized carbons (Fsp3) is 1.00. The molecule has 2 saturated carbocycles. The number of nitrogens with one attached hydrogen (secondary N) is 1. The van der Waals surface area contributed by atoms with Gasteiger partial charge in [-0.3, -0.25) is 0 Å². The topological polar surface area (TPSA) is 12.0 Å². The van der Waals surface area contributed by atoms with Crippen molar-refractivity contribution in [3.8, 4) is 0 Å². The molecule has 3 rings (SSSR count). The molecular formula is C9H15N. The van der Waals surface area contributed by atoms with E-state index in [1.165, 1.54) is 19.4 Å². The normalized spacial score (nSPS) is 62.7. The van der Waals surface area contributed by atoms with Crippen LogP contribution in [0.2, 0.25) is 0 Å². The fourth-order valence-electron chi connectivity index (χ4n) is 3.34. The van der Waals surface area contributed by atoms with Crippen molar-refractivity contribution < 1.29 is 0 Å². The van der Waals surface area contributed by atoms with Crippen molar-refractivity contribution in [3.05, 3.63) is 0 Å². The molecule has 0 aromatic rings. The Kier molecular flexibility index (Phi) is 0.797. The number of rotatable bonds is 1. The molecule has 3 aliphatic rings. The molecule has 56 valence electrons. The van der Waals surface area contributed by atoms with Gasteiger partial charge < -0.3 is 5.32 Å². The summed E-state index contributed by atoms with van der Waals surface area (Å²) in [5.41, 5.74) is 0.862. The van der Waals surface area contributed by atoms with Gasteiger partial charge >= 0.3 is 0 Å². The zero-order chi connectivity index (χ0) is 6.77. The standard InChI is InChI=1S/C9H15N/c1-2-6-3-8-9(5-10-8)4-7(6)9/h6-8,10H,2-5H2,1H3. The highest BCUT2D eigenvalue weighted by Crippen LogP contribution is 2.69. The largest absolute Gasteiger partial charge is 0.313 e. The number of hydrogen-bond donors (Lipinski definition) is 1. The van der Waals surface area contributed by atoms with Crippen molar-refractivity contribution in [2.45, 2.75) is 32.2 Å². The van der Waals surface area contributed by atoms with E-state index in [1.807, 2.05) is 0 Å². The average Bonchev–Trinajstić information content (AvgIpc) is 2.60. The minimum atomic E-state index is 0.862. The third-order valence-corrected chi connectivity index (χ3v) is 4.18. The van der Waals surface area contributed by atoms with Crippen LogP contribution in [-0.4, -0.2) is 12.6 Å². The van der Waals surface area contributed by atoms with Gasteiger partial charge in [0.15, 0.2) is 0 Å². The Morgan fingerprint density at radius 1 is 1.60 bits per heavy atom. The summed E-state index contributed by atoms with van der Waals surface area (Å²) in [4.78, 5) is 0. The van der Waals surface area contributed by atoms with E-state index < -0.39 is 0 Å². The SMILES string of the molecule is CCC1CC2NCC23CC13. The lowest BCUT2D eigenvalue weighted by molar-refractivity contribution is 0.220. The summed E-state index contributed by atoms with van der Waals surface area (Å²) >= 11 is 0. The summed E-state index contributed by atoms with van der Waals surface area (Å²) in [5, 5.41) is 3.55. The Labute approximate surface area is 62.2 Å². The van der Waals surface area contributed by atoms with Crippen molar-refractivity contribution in [1.82, 2.24) is 5.32 Å². The van der Waals surface area contributed by atoms with Gasteiger partial charge in [-0.2, -0.15) is 0 Å². The third kappa shape index (κ3) is 0.402. The summed E-state index contributed by atoms with van der Waals surface area (Å²) in [6, 6.07) is 0.947. The molecule has 10 heavy (non-hydrogen) atoms. The highest BCUT2D eigenvalue weighted by molar-refractivity contribution is 5.23. The van der Waals surface area contributed by atoms with E-state index in [4.69, 9.17) is 0 Å². The van der Waals surface area contributed by atoms with Crippen molar-refractivity contribution in [3.63, 3.8) is 0 Å². The fourth-order valence-corrected chi connectivity index (χ4v) is 3.34. The number of hydrogen-bond acceptors (Lipinski definition) is 1. The zero-order valence-electron chi connectivity index (χ0n) is 6.56. The first-order valence-electron chi connectivity index (χ1n) is 4.60. The van der Waals surface area contributed by atoms with Crippen LogP contribution >= 0.6 is 0 Å². The van der Waals surface area contributed by atoms with E-state index >= 15 is 0 Å². The van der Waals surface area contributed by atoms with Gasteiger partial charge in [-0.1, -0.05) is 13.3 Å². The van der Waals surface area contributed by atoms with Crippen LogP contribution in [0.15, 0.2) is 0 Å². The lowest BCUT2D eigenvalue weighted by atomic mass is 9.89. The Morgan fingerprint density at radius 3 is 2.80 bits per heavy atom. The molecule has 1 N–H and O–H groups in total. The molecule has 2 aliphatic carbocycles. The molecule has 1 heterocycles. The van der Waals surface area contributed by atoms with Crippen LogP contribution < -0.4 is 5.32 Å². The zero-order valence-corrected chi connectivity index (χ0v) is 6.56. The molecule has 4 atom stereocenters. The van der Waals surface area contributed by atoms with Gasteiger partial charge in [0.05, 0.1) is 0 Å². The molecule has 3 fully saturated rings. The molecule has 1 heteroatoms. The quantitative estimate of drug-likeness (QED) is 0.576. The molecule has 4 unspecified atom stereocenters. The monoisotopic (exact) mass is 137 g/mol. The predicted octanol–water partition coefficient (Wildman–Crippen LogP) is 1.39. The van der Waals surface area contributed by atoms with E-state index in [0.717, 1.165) is 23.3 Å². The second-order valence-corrected chi connectivity index (χ2v) is 4.38. The molecule has 0 aromatic heterocycles. The van der Waals surface area contributed by atoms with Crippen LogP contribution in [0.1, 0.15) is 26.2 Å². The lowest BCUT2D eigenvalue weighted by Crippen LogP contribution is -2.53. The van der Waals surface area contributed by atoms with Gasteiger partial charge in [-0.15, -0.1) is 0 Å². The van der Waals surface area contributed by atoms with Crippen molar-refractivity contribution >= 4 is 0 Å². The first-order valence-corrected chi connectivity index (χ1v) is 4.60. The first kappa shape index (κ1) is 5.59.